The highest BCUT2D eigenvalue weighted by Crippen LogP contribution is 2.29. The first-order valence-electron chi connectivity index (χ1n) is 10.7. The molecule has 170 valence electrons. The molecule has 8 heteroatoms. The number of carbonyl (C=O) groups excluding carboxylic acids is 1. The smallest absolute Gasteiger partial charge is 0.239 e. The zero-order valence-corrected chi connectivity index (χ0v) is 21.0. The van der Waals surface area contributed by atoms with Gasteiger partial charge in [-0.2, -0.15) is 0 Å². The highest BCUT2D eigenvalue weighted by molar-refractivity contribution is 8.00. The summed E-state index contributed by atoms with van der Waals surface area (Å²) in [7, 11) is 1.92. The fourth-order valence-electron chi connectivity index (χ4n) is 3.28. The van der Waals surface area contributed by atoms with Crippen molar-refractivity contribution in [1.82, 2.24) is 19.7 Å². The van der Waals surface area contributed by atoms with Gasteiger partial charge in [-0.15, -0.1) is 21.5 Å². The molecule has 0 aliphatic rings. The lowest BCUT2D eigenvalue weighted by Crippen LogP contribution is -2.22. The zero-order chi connectivity index (χ0) is 23.6. The van der Waals surface area contributed by atoms with Gasteiger partial charge in [-0.25, -0.2) is 4.98 Å². The maximum absolute atomic E-state index is 12.8. The third-order valence-electron chi connectivity index (χ3n) is 5.30. The SMILES string of the molecule is CC(Sc1nnc(-c2ccc(C(C)(C)C)cc2)n1C)C(=O)Nc1nc(-c2ccccc2)cs1. The molecule has 1 atom stereocenters. The van der Waals surface area contributed by atoms with Crippen LogP contribution < -0.4 is 5.32 Å². The summed E-state index contributed by atoms with van der Waals surface area (Å²) in [5.74, 6) is 0.658. The molecule has 1 N–H and O–H groups in total. The average Bonchev–Trinajstić information content (AvgIpc) is 3.41. The number of carbonyl (C=O) groups is 1. The van der Waals surface area contributed by atoms with Gasteiger partial charge in [0.25, 0.3) is 0 Å². The van der Waals surface area contributed by atoms with Crippen LogP contribution in [0.5, 0.6) is 0 Å². The predicted molar refractivity (Wildman–Crippen MR) is 137 cm³/mol. The van der Waals surface area contributed by atoms with Gasteiger partial charge < -0.3 is 9.88 Å². The van der Waals surface area contributed by atoms with Crippen LogP contribution in [0, 0.1) is 0 Å². The summed E-state index contributed by atoms with van der Waals surface area (Å²) >= 11 is 2.80. The van der Waals surface area contributed by atoms with Crippen molar-refractivity contribution in [1.29, 1.82) is 0 Å². The van der Waals surface area contributed by atoms with Crippen LogP contribution >= 0.6 is 23.1 Å². The molecule has 4 aromatic rings. The van der Waals surface area contributed by atoms with E-state index in [0.29, 0.717) is 10.3 Å². The molecule has 2 aromatic heterocycles. The molecule has 2 heterocycles. The number of thioether (sulfide) groups is 1. The van der Waals surface area contributed by atoms with Gasteiger partial charge in [0.15, 0.2) is 16.1 Å². The second-order valence-corrected chi connectivity index (χ2v) is 11.0. The average molecular weight is 478 g/mol. The van der Waals surface area contributed by atoms with Gasteiger partial charge in [0.05, 0.1) is 10.9 Å². The van der Waals surface area contributed by atoms with E-state index in [1.54, 1.807) is 0 Å². The van der Waals surface area contributed by atoms with Gasteiger partial charge in [-0.05, 0) is 17.9 Å². The Morgan fingerprint density at radius 3 is 2.39 bits per heavy atom. The largest absolute Gasteiger partial charge is 0.305 e. The molecule has 0 saturated carbocycles. The lowest BCUT2D eigenvalue weighted by molar-refractivity contribution is -0.115. The lowest BCUT2D eigenvalue weighted by atomic mass is 9.87. The van der Waals surface area contributed by atoms with E-state index in [9.17, 15) is 4.79 Å². The van der Waals surface area contributed by atoms with Gasteiger partial charge in [0, 0.05) is 23.6 Å². The summed E-state index contributed by atoms with van der Waals surface area (Å²) in [5, 5.41) is 14.5. The van der Waals surface area contributed by atoms with E-state index in [1.807, 2.05) is 54.3 Å². The van der Waals surface area contributed by atoms with Crippen LogP contribution in [-0.2, 0) is 17.3 Å². The van der Waals surface area contributed by atoms with E-state index in [0.717, 1.165) is 22.6 Å². The third-order valence-corrected chi connectivity index (χ3v) is 7.19. The number of thiazole rings is 1. The Balaban J connectivity index is 1.42. The number of benzene rings is 2. The van der Waals surface area contributed by atoms with E-state index in [-0.39, 0.29) is 16.6 Å². The number of nitrogens with one attached hydrogen (secondary N) is 1. The fraction of sp³-hybridized carbons (Fsp3) is 0.280. The molecule has 0 radical (unpaired) electrons. The van der Waals surface area contributed by atoms with Gasteiger partial charge in [0.2, 0.25) is 5.91 Å². The Labute approximate surface area is 202 Å². The van der Waals surface area contributed by atoms with E-state index in [1.165, 1.54) is 28.7 Å². The molecule has 0 saturated heterocycles. The van der Waals surface area contributed by atoms with Gasteiger partial charge in [-0.1, -0.05) is 87.1 Å². The van der Waals surface area contributed by atoms with Crippen molar-refractivity contribution in [2.75, 3.05) is 5.32 Å². The number of amides is 1. The molecular weight excluding hydrogens is 450 g/mol. The quantitative estimate of drug-likeness (QED) is 0.344. The number of rotatable bonds is 6. The fourth-order valence-corrected chi connectivity index (χ4v) is 4.82. The topological polar surface area (TPSA) is 72.7 Å². The molecule has 4 rings (SSSR count). The molecule has 1 amide bonds. The Morgan fingerprint density at radius 1 is 1.03 bits per heavy atom. The summed E-state index contributed by atoms with van der Waals surface area (Å²) in [6.45, 7) is 8.44. The maximum Gasteiger partial charge on any atom is 0.239 e. The maximum atomic E-state index is 12.8. The molecule has 0 fully saturated rings. The van der Waals surface area contributed by atoms with Crippen LogP contribution in [0.15, 0.2) is 65.1 Å². The summed E-state index contributed by atoms with van der Waals surface area (Å²) in [6.07, 6.45) is 0. The number of anilines is 1. The molecule has 0 aliphatic carbocycles. The summed E-state index contributed by atoms with van der Waals surface area (Å²) < 4.78 is 1.93. The highest BCUT2D eigenvalue weighted by atomic mass is 32.2. The molecule has 1 unspecified atom stereocenters. The molecule has 0 bridgehead atoms. The Kier molecular flexibility index (Phi) is 6.67. The standard InChI is InChI=1S/C25H27N5OS2/c1-16(22(31)27-23-26-20(15-32-23)17-9-7-6-8-10-17)33-24-29-28-21(30(24)5)18-11-13-19(14-12-18)25(2,3)4/h6-16H,1-5H3,(H,26,27,31). The Bertz CT molecular complexity index is 1240. The van der Waals surface area contributed by atoms with E-state index >= 15 is 0 Å². The third kappa shape index (κ3) is 5.34. The van der Waals surface area contributed by atoms with Crippen LogP contribution in [0.3, 0.4) is 0 Å². The van der Waals surface area contributed by atoms with Crippen molar-refractivity contribution in [3.05, 3.63) is 65.5 Å². The van der Waals surface area contributed by atoms with Crippen molar-refractivity contribution >= 4 is 34.1 Å². The second kappa shape index (κ2) is 9.49. The lowest BCUT2D eigenvalue weighted by Gasteiger charge is -2.19. The molecule has 0 aliphatic heterocycles. The number of nitrogens with zero attached hydrogens (tertiary/aromatic N) is 4. The molecule has 2 aromatic carbocycles. The summed E-state index contributed by atoms with van der Waals surface area (Å²) in [4.78, 5) is 17.3. The van der Waals surface area contributed by atoms with Gasteiger partial charge >= 0.3 is 0 Å². The van der Waals surface area contributed by atoms with Crippen molar-refractivity contribution in [3.63, 3.8) is 0 Å². The van der Waals surface area contributed by atoms with Crippen LogP contribution in [-0.4, -0.2) is 30.9 Å². The molecule has 0 spiro atoms. The van der Waals surface area contributed by atoms with E-state index < -0.39 is 0 Å². The van der Waals surface area contributed by atoms with E-state index in [2.05, 4.69) is 65.5 Å². The first-order valence-corrected chi connectivity index (χ1v) is 12.5. The monoisotopic (exact) mass is 477 g/mol. The first kappa shape index (κ1) is 23.2. The minimum absolute atomic E-state index is 0.0987. The first-order chi connectivity index (χ1) is 15.7. The van der Waals surface area contributed by atoms with Gasteiger partial charge in [-0.3, -0.25) is 4.79 Å². The van der Waals surface area contributed by atoms with Crippen LogP contribution in [0.2, 0.25) is 0 Å². The number of hydrogen-bond donors (Lipinski definition) is 1. The second-order valence-electron chi connectivity index (χ2n) is 8.85. The van der Waals surface area contributed by atoms with E-state index in [4.69, 9.17) is 0 Å². The van der Waals surface area contributed by atoms with Crippen molar-refractivity contribution in [2.45, 2.75) is 43.5 Å². The summed E-state index contributed by atoms with van der Waals surface area (Å²) in [6, 6.07) is 18.3. The Hall–Kier alpha value is -2.97. The summed E-state index contributed by atoms with van der Waals surface area (Å²) in [5.41, 5.74) is 4.25. The van der Waals surface area contributed by atoms with Crippen LogP contribution in [0.4, 0.5) is 5.13 Å². The van der Waals surface area contributed by atoms with Crippen molar-refractivity contribution in [3.8, 4) is 22.6 Å². The number of hydrogen-bond acceptors (Lipinski definition) is 6. The minimum atomic E-state index is -0.354. The molecular formula is C25H27N5OS2. The molecule has 6 nitrogen and oxygen atoms in total. The van der Waals surface area contributed by atoms with Gasteiger partial charge in [0.1, 0.15) is 0 Å². The minimum Gasteiger partial charge on any atom is -0.305 e. The zero-order valence-electron chi connectivity index (χ0n) is 19.4. The van der Waals surface area contributed by atoms with Crippen molar-refractivity contribution in [2.24, 2.45) is 7.05 Å². The van der Waals surface area contributed by atoms with Crippen LogP contribution in [0.1, 0.15) is 33.3 Å². The number of aromatic nitrogens is 4. The highest BCUT2D eigenvalue weighted by Gasteiger charge is 2.21. The Morgan fingerprint density at radius 2 is 1.73 bits per heavy atom. The van der Waals surface area contributed by atoms with Crippen molar-refractivity contribution < 1.29 is 4.79 Å². The predicted octanol–water partition coefficient (Wildman–Crippen LogP) is 6.02. The normalized spacial score (nSPS) is 12.5. The van der Waals surface area contributed by atoms with Crippen LogP contribution in [0.25, 0.3) is 22.6 Å². The molecule has 33 heavy (non-hydrogen) atoms.